The molecule has 2 aliphatic heterocycles. The lowest BCUT2D eigenvalue weighted by molar-refractivity contribution is -0.115. The van der Waals surface area contributed by atoms with Crippen LogP contribution < -0.4 is 10.6 Å². The second kappa shape index (κ2) is 8.30. The van der Waals surface area contributed by atoms with Crippen molar-refractivity contribution in [2.45, 2.75) is 11.3 Å². The lowest BCUT2D eigenvalue weighted by Gasteiger charge is -2.26. The summed E-state index contributed by atoms with van der Waals surface area (Å²) >= 11 is 0. The normalized spacial score (nSPS) is 16.4. The Kier molecular flexibility index (Phi) is 5.33. The number of carbonyl (C=O) groups excluding carboxylic acids is 1. The maximum atomic E-state index is 12.8. The highest BCUT2D eigenvalue weighted by molar-refractivity contribution is 7.89. The van der Waals surface area contributed by atoms with Gasteiger partial charge in [-0.1, -0.05) is 18.2 Å². The maximum absolute atomic E-state index is 12.8. The number of para-hydroxylation sites is 1. The van der Waals surface area contributed by atoms with Gasteiger partial charge in [-0.15, -0.1) is 0 Å². The van der Waals surface area contributed by atoms with Gasteiger partial charge < -0.3 is 15.4 Å². The summed E-state index contributed by atoms with van der Waals surface area (Å²) in [6.07, 6.45) is 1.84. The van der Waals surface area contributed by atoms with E-state index >= 15 is 0 Å². The third-order valence-corrected chi connectivity index (χ3v) is 7.30. The van der Waals surface area contributed by atoms with E-state index < -0.39 is 10.0 Å². The molecule has 0 unspecified atom stereocenters. The van der Waals surface area contributed by atoms with Crippen LogP contribution in [0, 0.1) is 0 Å². The van der Waals surface area contributed by atoms with E-state index in [-0.39, 0.29) is 17.2 Å². The van der Waals surface area contributed by atoms with Crippen molar-refractivity contribution in [3.63, 3.8) is 0 Å². The molecule has 1 aromatic heterocycles. The van der Waals surface area contributed by atoms with Crippen LogP contribution in [0.25, 0.3) is 11.3 Å². The number of aromatic nitrogens is 2. The Labute approximate surface area is 185 Å². The minimum absolute atomic E-state index is 0.113. The summed E-state index contributed by atoms with van der Waals surface area (Å²) in [5, 5.41) is 6.01. The van der Waals surface area contributed by atoms with E-state index in [0.717, 1.165) is 11.1 Å². The molecule has 0 aliphatic carbocycles. The first-order valence-corrected chi connectivity index (χ1v) is 11.6. The number of carbonyl (C=O) groups is 1. The second-order valence-corrected chi connectivity index (χ2v) is 9.44. The van der Waals surface area contributed by atoms with Crippen LogP contribution >= 0.6 is 0 Å². The van der Waals surface area contributed by atoms with Gasteiger partial charge in [0.25, 0.3) is 0 Å². The summed E-state index contributed by atoms with van der Waals surface area (Å²) in [5.41, 5.74) is 3.61. The number of ether oxygens (including phenoxy) is 1. The van der Waals surface area contributed by atoms with Gasteiger partial charge in [-0.2, -0.15) is 4.31 Å². The standard InChI is InChI=1S/C22H21N5O4S/c28-20-13-15-14-23-22(26-21(15)18-3-1-2-4-19(18)25-20)24-16-5-7-17(8-6-16)32(29,30)27-9-11-31-12-10-27/h1-8,14H,9-13H2,(H,25,28)(H,23,24,26). The summed E-state index contributed by atoms with van der Waals surface area (Å²) in [5.74, 6) is 0.245. The number of amides is 1. The van der Waals surface area contributed by atoms with Crippen molar-refractivity contribution in [3.05, 3.63) is 60.3 Å². The third kappa shape index (κ3) is 3.95. The number of sulfonamides is 1. The Morgan fingerprint density at radius 2 is 1.78 bits per heavy atom. The molecule has 3 heterocycles. The summed E-state index contributed by atoms with van der Waals surface area (Å²) in [6, 6.07) is 14.0. The molecule has 2 aromatic carbocycles. The number of nitrogens with zero attached hydrogens (tertiary/aromatic N) is 3. The quantitative estimate of drug-likeness (QED) is 0.626. The molecule has 9 nitrogen and oxygen atoms in total. The zero-order valence-electron chi connectivity index (χ0n) is 17.1. The number of hydrogen-bond donors (Lipinski definition) is 2. The van der Waals surface area contributed by atoms with Crippen molar-refractivity contribution < 1.29 is 17.9 Å². The number of fused-ring (bicyclic) bond motifs is 3. The lowest BCUT2D eigenvalue weighted by atomic mass is 10.1. The fourth-order valence-electron chi connectivity index (χ4n) is 3.77. The molecule has 2 aliphatic rings. The van der Waals surface area contributed by atoms with Crippen LogP contribution in [0.15, 0.2) is 59.6 Å². The van der Waals surface area contributed by atoms with E-state index in [1.807, 2.05) is 24.3 Å². The van der Waals surface area contributed by atoms with E-state index in [4.69, 9.17) is 4.74 Å². The zero-order valence-corrected chi connectivity index (χ0v) is 17.9. The van der Waals surface area contributed by atoms with Gasteiger partial charge in [0.15, 0.2) is 0 Å². The van der Waals surface area contributed by atoms with Crippen LogP contribution in [0.1, 0.15) is 5.56 Å². The highest BCUT2D eigenvalue weighted by Gasteiger charge is 2.26. The van der Waals surface area contributed by atoms with Gasteiger partial charge in [-0.25, -0.2) is 18.4 Å². The maximum Gasteiger partial charge on any atom is 0.243 e. The first-order chi connectivity index (χ1) is 15.5. The van der Waals surface area contributed by atoms with Crippen LogP contribution in [-0.2, 0) is 26.0 Å². The molecule has 0 bridgehead atoms. The summed E-state index contributed by atoms with van der Waals surface area (Å²) < 4.78 is 32.2. The molecular formula is C22H21N5O4S. The molecule has 10 heteroatoms. The molecular weight excluding hydrogens is 430 g/mol. The van der Waals surface area contributed by atoms with Crippen molar-refractivity contribution >= 4 is 33.3 Å². The summed E-state index contributed by atoms with van der Waals surface area (Å²) in [6.45, 7) is 1.51. The molecule has 1 fully saturated rings. The minimum Gasteiger partial charge on any atom is -0.379 e. The molecule has 0 spiro atoms. The van der Waals surface area contributed by atoms with Gasteiger partial charge in [0, 0.05) is 36.1 Å². The van der Waals surface area contributed by atoms with Gasteiger partial charge in [-0.3, -0.25) is 4.79 Å². The van der Waals surface area contributed by atoms with E-state index in [2.05, 4.69) is 20.6 Å². The van der Waals surface area contributed by atoms with Crippen molar-refractivity contribution in [2.24, 2.45) is 0 Å². The number of rotatable bonds is 4. The monoisotopic (exact) mass is 451 g/mol. The lowest BCUT2D eigenvalue weighted by Crippen LogP contribution is -2.40. The zero-order chi connectivity index (χ0) is 22.1. The van der Waals surface area contributed by atoms with Crippen LogP contribution in [0.3, 0.4) is 0 Å². The predicted octanol–water partition coefficient (Wildman–Crippen LogP) is 2.40. The Balaban J connectivity index is 1.40. The van der Waals surface area contributed by atoms with Gasteiger partial charge >= 0.3 is 0 Å². The first kappa shape index (κ1) is 20.6. The number of nitrogens with one attached hydrogen (secondary N) is 2. The Morgan fingerprint density at radius 1 is 1.03 bits per heavy atom. The van der Waals surface area contributed by atoms with Crippen LogP contribution in [0.5, 0.6) is 0 Å². The average molecular weight is 452 g/mol. The minimum atomic E-state index is -3.55. The van der Waals surface area contributed by atoms with Gasteiger partial charge in [-0.05, 0) is 30.3 Å². The Bertz CT molecular complexity index is 1270. The van der Waals surface area contributed by atoms with Crippen molar-refractivity contribution in [1.29, 1.82) is 0 Å². The highest BCUT2D eigenvalue weighted by atomic mass is 32.2. The van der Waals surface area contributed by atoms with Crippen molar-refractivity contribution in [3.8, 4) is 11.3 Å². The van der Waals surface area contributed by atoms with E-state index in [9.17, 15) is 13.2 Å². The number of hydrogen-bond acceptors (Lipinski definition) is 7. The molecule has 32 heavy (non-hydrogen) atoms. The Hall–Kier alpha value is -3.34. The molecule has 0 atom stereocenters. The van der Waals surface area contributed by atoms with Crippen molar-refractivity contribution in [2.75, 3.05) is 36.9 Å². The van der Waals surface area contributed by atoms with E-state index in [1.165, 1.54) is 4.31 Å². The largest absolute Gasteiger partial charge is 0.379 e. The fourth-order valence-corrected chi connectivity index (χ4v) is 5.18. The molecule has 1 amide bonds. The predicted molar refractivity (Wildman–Crippen MR) is 119 cm³/mol. The molecule has 3 aromatic rings. The summed E-state index contributed by atoms with van der Waals surface area (Å²) in [4.78, 5) is 21.4. The molecule has 1 saturated heterocycles. The molecule has 0 radical (unpaired) electrons. The third-order valence-electron chi connectivity index (χ3n) is 5.39. The van der Waals surface area contributed by atoms with Crippen molar-refractivity contribution in [1.82, 2.24) is 14.3 Å². The number of anilines is 3. The molecule has 2 N–H and O–H groups in total. The number of morpholine rings is 1. The van der Waals surface area contributed by atoms with Gasteiger partial charge in [0.1, 0.15) is 0 Å². The second-order valence-electron chi connectivity index (χ2n) is 7.50. The Morgan fingerprint density at radius 3 is 2.56 bits per heavy atom. The molecule has 164 valence electrons. The molecule has 5 rings (SSSR count). The summed E-state index contributed by atoms with van der Waals surface area (Å²) in [7, 11) is -3.55. The average Bonchev–Trinajstić information content (AvgIpc) is 2.95. The first-order valence-electron chi connectivity index (χ1n) is 10.2. The number of benzene rings is 2. The van der Waals surface area contributed by atoms with Crippen LogP contribution in [0.2, 0.25) is 0 Å². The van der Waals surface area contributed by atoms with Gasteiger partial charge in [0.05, 0.1) is 35.9 Å². The molecule has 0 saturated carbocycles. The van der Waals surface area contributed by atoms with Crippen LogP contribution in [0.4, 0.5) is 17.3 Å². The van der Waals surface area contributed by atoms with E-state index in [0.29, 0.717) is 49.3 Å². The van der Waals surface area contributed by atoms with Crippen LogP contribution in [-0.4, -0.2) is 54.9 Å². The topological polar surface area (TPSA) is 114 Å². The van der Waals surface area contributed by atoms with E-state index in [1.54, 1.807) is 30.5 Å². The SMILES string of the molecule is O=C1Cc2cnc(Nc3ccc(S(=O)(=O)N4CCOCC4)cc3)nc2-c2ccccc2N1. The highest BCUT2D eigenvalue weighted by Crippen LogP contribution is 2.33. The smallest absolute Gasteiger partial charge is 0.243 e. The van der Waals surface area contributed by atoms with Gasteiger partial charge in [0.2, 0.25) is 21.9 Å². The fraction of sp³-hybridized carbons (Fsp3) is 0.227.